The number of nitrogens with one attached hydrogen (secondary N) is 2. The highest BCUT2D eigenvalue weighted by atomic mass is 16.5. The monoisotopic (exact) mass is 280 g/mol. The fraction of sp³-hybridized carbons (Fsp3) is 0.733. The molecule has 0 aromatic carbocycles. The van der Waals surface area contributed by atoms with Gasteiger partial charge < -0.3 is 15.4 Å². The van der Waals surface area contributed by atoms with Crippen molar-refractivity contribution in [3.63, 3.8) is 0 Å². The summed E-state index contributed by atoms with van der Waals surface area (Å²) in [6.07, 6.45) is 2.05. The fourth-order valence-electron chi connectivity index (χ4n) is 1.84. The summed E-state index contributed by atoms with van der Waals surface area (Å²) >= 11 is 0. The lowest BCUT2D eigenvalue weighted by Crippen LogP contribution is -2.12. The van der Waals surface area contributed by atoms with Crippen LogP contribution in [0, 0.1) is 6.92 Å². The average molecular weight is 280 g/mol. The summed E-state index contributed by atoms with van der Waals surface area (Å²) in [6, 6.07) is 0. The van der Waals surface area contributed by atoms with Crippen molar-refractivity contribution in [2.45, 2.75) is 46.5 Å². The highest BCUT2D eigenvalue weighted by molar-refractivity contribution is 5.57. The van der Waals surface area contributed by atoms with E-state index < -0.39 is 0 Å². The minimum Gasteiger partial charge on any atom is -0.381 e. The van der Waals surface area contributed by atoms with Crippen LogP contribution >= 0.6 is 0 Å². The maximum atomic E-state index is 5.47. The molecular formula is C15H28N4O. The molecular weight excluding hydrogens is 252 g/mol. The normalized spacial score (nSPS) is 10.9. The number of rotatable bonds is 9. The van der Waals surface area contributed by atoms with E-state index in [2.05, 4.69) is 41.4 Å². The van der Waals surface area contributed by atoms with Gasteiger partial charge in [0.05, 0.1) is 0 Å². The van der Waals surface area contributed by atoms with Gasteiger partial charge in [-0.05, 0) is 19.8 Å². The maximum absolute atomic E-state index is 5.47. The molecule has 0 aliphatic carbocycles. The van der Waals surface area contributed by atoms with E-state index in [9.17, 15) is 0 Å². The van der Waals surface area contributed by atoms with Crippen LogP contribution in [-0.4, -0.2) is 36.8 Å². The first-order valence-electron chi connectivity index (χ1n) is 7.48. The van der Waals surface area contributed by atoms with Crippen LogP contribution in [0.2, 0.25) is 0 Å². The largest absolute Gasteiger partial charge is 0.381 e. The lowest BCUT2D eigenvalue weighted by Gasteiger charge is -2.15. The summed E-state index contributed by atoms with van der Waals surface area (Å²) in [5.41, 5.74) is 1.06. The second kappa shape index (κ2) is 8.74. The third-order valence-electron chi connectivity index (χ3n) is 3.02. The third kappa shape index (κ3) is 4.96. The number of hydrogen-bond acceptors (Lipinski definition) is 5. The predicted octanol–water partition coefficient (Wildman–Crippen LogP) is 3.18. The van der Waals surface area contributed by atoms with Gasteiger partial charge in [0.15, 0.2) is 0 Å². The summed E-state index contributed by atoms with van der Waals surface area (Å²) in [4.78, 5) is 9.14. The number of ether oxygens (including phenoxy) is 1. The van der Waals surface area contributed by atoms with Crippen molar-refractivity contribution in [1.82, 2.24) is 9.97 Å². The summed E-state index contributed by atoms with van der Waals surface area (Å²) < 4.78 is 5.47. The lowest BCUT2D eigenvalue weighted by atomic mass is 10.2. The summed E-state index contributed by atoms with van der Waals surface area (Å²) in [5.74, 6) is 3.00. The molecule has 0 saturated heterocycles. The predicted molar refractivity (Wildman–Crippen MR) is 84.6 cm³/mol. The Morgan fingerprint density at radius 1 is 1.15 bits per heavy atom. The first-order chi connectivity index (χ1) is 9.60. The Kier molecular flexibility index (Phi) is 7.30. The van der Waals surface area contributed by atoms with Gasteiger partial charge in [0.2, 0.25) is 0 Å². The van der Waals surface area contributed by atoms with E-state index in [1.807, 2.05) is 14.0 Å². The Balaban J connectivity index is 2.61. The smallest absolute Gasteiger partial charge is 0.135 e. The van der Waals surface area contributed by atoms with E-state index in [1.165, 1.54) is 0 Å². The molecule has 5 heteroatoms. The molecule has 1 heterocycles. The Labute approximate surface area is 122 Å². The van der Waals surface area contributed by atoms with Gasteiger partial charge in [-0.2, -0.15) is 0 Å². The molecule has 1 aromatic heterocycles. The number of nitrogens with zero attached hydrogens (tertiary/aromatic N) is 2. The van der Waals surface area contributed by atoms with Crippen LogP contribution in [0.25, 0.3) is 0 Å². The van der Waals surface area contributed by atoms with Crippen LogP contribution < -0.4 is 10.6 Å². The standard InChI is InChI=1S/C15H28N4O/c1-6-9-20-10-7-8-17-15-12(4)14(16-5)18-13(19-15)11(2)3/h11H,6-10H2,1-5H3,(H2,16,17,18,19). The molecule has 0 amide bonds. The zero-order chi connectivity index (χ0) is 15.0. The molecule has 0 spiro atoms. The van der Waals surface area contributed by atoms with Crippen molar-refractivity contribution in [3.8, 4) is 0 Å². The van der Waals surface area contributed by atoms with Gasteiger partial charge >= 0.3 is 0 Å². The minimum absolute atomic E-state index is 0.316. The van der Waals surface area contributed by atoms with E-state index in [0.717, 1.165) is 55.6 Å². The Morgan fingerprint density at radius 3 is 2.45 bits per heavy atom. The quantitative estimate of drug-likeness (QED) is 0.680. The molecule has 0 saturated carbocycles. The molecule has 1 aromatic rings. The molecule has 1 rings (SSSR count). The number of hydrogen-bond donors (Lipinski definition) is 2. The van der Waals surface area contributed by atoms with Crippen LogP contribution in [0.4, 0.5) is 11.6 Å². The van der Waals surface area contributed by atoms with E-state index in [4.69, 9.17) is 4.74 Å². The molecule has 5 nitrogen and oxygen atoms in total. The molecule has 0 fully saturated rings. The van der Waals surface area contributed by atoms with Crippen molar-refractivity contribution in [1.29, 1.82) is 0 Å². The summed E-state index contributed by atoms with van der Waals surface area (Å²) in [7, 11) is 1.89. The molecule has 0 unspecified atom stereocenters. The number of aromatic nitrogens is 2. The van der Waals surface area contributed by atoms with E-state index in [-0.39, 0.29) is 0 Å². The molecule has 2 N–H and O–H groups in total. The molecule has 114 valence electrons. The zero-order valence-corrected chi connectivity index (χ0v) is 13.4. The minimum atomic E-state index is 0.316. The first kappa shape index (κ1) is 16.7. The van der Waals surface area contributed by atoms with E-state index in [1.54, 1.807) is 0 Å². The second-order valence-electron chi connectivity index (χ2n) is 5.20. The van der Waals surface area contributed by atoms with Crippen molar-refractivity contribution in [2.75, 3.05) is 37.4 Å². The molecule has 0 aliphatic heterocycles. The van der Waals surface area contributed by atoms with Crippen LogP contribution in [-0.2, 0) is 4.74 Å². The van der Waals surface area contributed by atoms with Gasteiger partial charge in [-0.1, -0.05) is 20.8 Å². The van der Waals surface area contributed by atoms with E-state index >= 15 is 0 Å². The SMILES string of the molecule is CCCOCCCNc1nc(C(C)C)nc(NC)c1C. The van der Waals surface area contributed by atoms with Crippen molar-refractivity contribution in [2.24, 2.45) is 0 Å². The van der Waals surface area contributed by atoms with Gasteiger partial charge in [-0.25, -0.2) is 9.97 Å². The van der Waals surface area contributed by atoms with E-state index in [0.29, 0.717) is 5.92 Å². The van der Waals surface area contributed by atoms with Gasteiger partial charge in [0.25, 0.3) is 0 Å². The highest BCUT2D eigenvalue weighted by Gasteiger charge is 2.11. The van der Waals surface area contributed by atoms with Gasteiger partial charge in [0, 0.05) is 38.3 Å². The zero-order valence-electron chi connectivity index (χ0n) is 13.4. The van der Waals surface area contributed by atoms with Crippen molar-refractivity contribution >= 4 is 11.6 Å². The lowest BCUT2D eigenvalue weighted by molar-refractivity contribution is 0.134. The fourth-order valence-corrected chi connectivity index (χ4v) is 1.84. The molecule has 0 radical (unpaired) electrons. The summed E-state index contributed by atoms with van der Waals surface area (Å²) in [5, 5.41) is 6.52. The van der Waals surface area contributed by atoms with Crippen LogP contribution in [0.1, 0.15) is 50.9 Å². The molecule has 0 atom stereocenters. The Hall–Kier alpha value is -1.36. The second-order valence-corrected chi connectivity index (χ2v) is 5.20. The van der Waals surface area contributed by atoms with Crippen LogP contribution in [0.5, 0.6) is 0 Å². The van der Waals surface area contributed by atoms with Crippen LogP contribution in [0.3, 0.4) is 0 Å². The molecule has 0 aliphatic rings. The first-order valence-corrected chi connectivity index (χ1v) is 7.48. The third-order valence-corrected chi connectivity index (χ3v) is 3.02. The number of anilines is 2. The van der Waals surface area contributed by atoms with Crippen LogP contribution in [0.15, 0.2) is 0 Å². The van der Waals surface area contributed by atoms with Gasteiger partial charge in [0.1, 0.15) is 17.5 Å². The average Bonchev–Trinajstić information content (AvgIpc) is 2.44. The maximum Gasteiger partial charge on any atom is 0.135 e. The molecule has 20 heavy (non-hydrogen) atoms. The molecule has 0 bridgehead atoms. The summed E-state index contributed by atoms with van der Waals surface area (Å²) in [6.45, 7) is 10.9. The Bertz CT molecular complexity index is 407. The highest BCUT2D eigenvalue weighted by Crippen LogP contribution is 2.22. The van der Waals surface area contributed by atoms with Gasteiger partial charge in [-0.15, -0.1) is 0 Å². The Morgan fingerprint density at radius 2 is 1.85 bits per heavy atom. The van der Waals surface area contributed by atoms with Crippen molar-refractivity contribution in [3.05, 3.63) is 11.4 Å². The topological polar surface area (TPSA) is 59.1 Å². The van der Waals surface area contributed by atoms with Crippen molar-refractivity contribution < 1.29 is 4.74 Å². The van der Waals surface area contributed by atoms with Gasteiger partial charge in [-0.3, -0.25) is 0 Å².